The van der Waals surface area contributed by atoms with E-state index in [0.29, 0.717) is 34.9 Å². The Morgan fingerprint density at radius 3 is 2.70 bits per heavy atom. The second kappa shape index (κ2) is 9.15. The van der Waals surface area contributed by atoms with Crippen LogP contribution in [0.5, 0.6) is 0 Å². The van der Waals surface area contributed by atoms with Crippen molar-refractivity contribution in [3.8, 4) is 0 Å². The van der Waals surface area contributed by atoms with Crippen molar-refractivity contribution < 1.29 is 14.5 Å². The van der Waals surface area contributed by atoms with Crippen molar-refractivity contribution in [3.63, 3.8) is 0 Å². The molecule has 11 heteroatoms. The van der Waals surface area contributed by atoms with Gasteiger partial charge in [-0.25, -0.2) is 14.5 Å². The normalized spacial score (nSPS) is 19.1. The van der Waals surface area contributed by atoms with E-state index >= 15 is 0 Å². The Balaban J connectivity index is 1.22. The molecule has 2 bridgehead atoms. The van der Waals surface area contributed by atoms with Gasteiger partial charge in [-0.3, -0.25) is 10.2 Å². The predicted octanol–water partition coefficient (Wildman–Crippen LogP) is 2.91. The minimum atomic E-state index is -0.668. The highest BCUT2D eigenvalue weighted by Gasteiger charge is 2.44. The zero-order valence-electron chi connectivity index (χ0n) is 18.0. The fourth-order valence-electron chi connectivity index (χ4n) is 4.10. The standard InChI is InChI=1S/C22H22N8O3/c1-30-21(25-28-29-30)20(14-6-3-2-4-7-14)26-32-13-17-8-5-9-18(23-17)24-22(31)33-27-19-15-10-11-16(19)12-15/h2-9,15-16H,10-13H2,1H3,(H,23,24,31)/b26-20-,27-19?. The van der Waals surface area contributed by atoms with Crippen molar-refractivity contribution in [3.05, 3.63) is 65.6 Å². The summed E-state index contributed by atoms with van der Waals surface area (Å²) in [6.45, 7) is 0.0812. The second-order valence-corrected chi connectivity index (χ2v) is 7.95. The predicted molar refractivity (Wildman–Crippen MR) is 118 cm³/mol. The number of tetrazole rings is 1. The highest BCUT2D eigenvalue weighted by molar-refractivity contribution is 6.10. The molecule has 1 aromatic carbocycles. The Kier molecular flexibility index (Phi) is 5.75. The number of oxime groups is 2. The van der Waals surface area contributed by atoms with Crippen molar-refractivity contribution in [1.82, 2.24) is 25.2 Å². The van der Waals surface area contributed by atoms with Gasteiger partial charge >= 0.3 is 6.09 Å². The smallest absolute Gasteiger partial charge is 0.389 e. The van der Waals surface area contributed by atoms with E-state index in [-0.39, 0.29) is 6.61 Å². The highest BCUT2D eigenvalue weighted by atomic mass is 16.7. The second-order valence-electron chi connectivity index (χ2n) is 7.95. The zero-order valence-corrected chi connectivity index (χ0v) is 18.0. The van der Waals surface area contributed by atoms with Gasteiger partial charge in [0.2, 0.25) is 5.82 Å². The van der Waals surface area contributed by atoms with E-state index in [1.165, 1.54) is 4.68 Å². The van der Waals surface area contributed by atoms with Crippen LogP contribution < -0.4 is 5.32 Å². The van der Waals surface area contributed by atoms with E-state index in [0.717, 1.165) is 30.5 Å². The molecule has 3 aliphatic rings. The van der Waals surface area contributed by atoms with Gasteiger partial charge in [0.15, 0.2) is 12.3 Å². The molecule has 3 saturated carbocycles. The van der Waals surface area contributed by atoms with Crippen molar-refractivity contribution in [2.75, 3.05) is 5.32 Å². The molecule has 0 spiro atoms. The van der Waals surface area contributed by atoms with E-state index < -0.39 is 6.09 Å². The van der Waals surface area contributed by atoms with Gasteiger partial charge < -0.3 is 4.84 Å². The molecular formula is C22H22N8O3. The van der Waals surface area contributed by atoms with Crippen LogP contribution in [0.15, 0.2) is 58.8 Å². The van der Waals surface area contributed by atoms with Crippen molar-refractivity contribution in [2.45, 2.75) is 25.9 Å². The first kappa shape index (κ1) is 20.7. The number of benzene rings is 1. The molecule has 0 aliphatic heterocycles. The Hall–Kier alpha value is -4.15. The number of rotatable bonds is 7. The number of aryl methyl sites for hydroxylation is 1. The lowest BCUT2D eigenvalue weighted by Crippen LogP contribution is -2.28. The van der Waals surface area contributed by atoms with Crippen LogP contribution in [0.25, 0.3) is 0 Å². The van der Waals surface area contributed by atoms with E-state index in [9.17, 15) is 4.79 Å². The summed E-state index contributed by atoms with van der Waals surface area (Å²) in [7, 11) is 1.73. The van der Waals surface area contributed by atoms with Gasteiger partial charge in [-0.05, 0) is 41.8 Å². The number of pyridine rings is 1. The molecule has 1 amide bonds. The lowest BCUT2D eigenvalue weighted by Gasteiger charge is -2.24. The quantitative estimate of drug-likeness (QED) is 0.336. The maximum Gasteiger partial charge on any atom is 0.439 e. The lowest BCUT2D eigenvalue weighted by atomic mass is 9.82. The number of hydrogen-bond donors (Lipinski definition) is 1. The first-order chi connectivity index (χ1) is 16.2. The van der Waals surface area contributed by atoms with Gasteiger partial charge in [0.25, 0.3) is 0 Å². The fraction of sp³-hybridized carbons (Fsp3) is 0.318. The molecule has 2 aromatic heterocycles. The van der Waals surface area contributed by atoms with Crippen LogP contribution in [-0.2, 0) is 23.3 Å². The minimum absolute atomic E-state index is 0.0812. The zero-order chi connectivity index (χ0) is 22.6. The van der Waals surface area contributed by atoms with Crippen molar-refractivity contribution in [1.29, 1.82) is 0 Å². The van der Waals surface area contributed by atoms with Gasteiger partial charge in [-0.15, -0.1) is 5.10 Å². The summed E-state index contributed by atoms with van der Waals surface area (Å²) in [5.74, 6) is 1.77. The lowest BCUT2D eigenvalue weighted by molar-refractivity contribution is 0.128. The van der Waals surface area contributed by atoms with Crippen LogP contribution in [-0.4, -0.2) is 42.7 Å². The molecule has 3 aliphatic carbocycles. The fourth-order valence-corrected chi connectivity index (χ4v) is 4.10. The van der Waals surface area contributed by atoms with E-state index in [2.05, 4.69) is 36.1 Å². The monoisotopic (exact) mass is 446 g/mol. The molecule has 3 fully saturated rings. The van der Waals surface area contributed by atoms with E-state index in [4.69, 9.17) is 9.68 Å². The van der Waals surface area contributed by atoms with Crippen LogP contribution >= 0.6 is 0 Å². The number of fused-ring (bicyclic) bond motifs is 1. The molecule has 2 heterocycles. The van der Waals surface area contributed by atoms with Gasteiger partial charge in [0.05, 0.1) is 11.4 Å². The number of carbonyl (C=O) groups excluding carboxylic acids is 1. The molecule has 168 valence electrons. The maximum atomic E-state index is 12.1. The molecule has 11 nitrogen and oxygen atoms in total. The van der Waals surface area contributed by atoms with Crippen LogP contribution in [0.2, 0.25) is 0 Å². The number of nitrogens with zero attached hydrogens (tertiary/aromatic N) is 7. The molecule has 6 rings (SSSR count). The minimum Gasteiger partial charge on any atom is -0.389 e. The van der Waals surface area contributed by atoms with Crippen LogP contribution in [0.3, 0.4) is 0 Å². The van der Waals surface area contributed by atoms with Gasteiger partial charge in [0, 0.05) is 24.4 Å². The molecule has 0 saturated heterocycles. The Morgan fingerprint density at radius 1 is 1.15 bits per heavy atom. The Morgan fingerprint density at radius 2 is 1.97 bits per heavy atom. The topological polar surface area (TPSA) is 129 Å². The Bertz CT molecular complexity index is 1190. The van der Waals surface area contributed by atoms with Crippen LogP contribution in [0.1, 0.15) is 36.3 Å². The largest absolute Gasteiger partial charge is 0.439 e. The molecule has 3 aromatic rings. The molecule has 0 radical (unpaired) electrons. The number of nitrogens with one attached hydrogen (secondary N) is 1. The van der Waals surface area contributed by atoms with Gasteiger partial charge in [-0.1, -0.05) is 46.7 Å². The van der Waals surface area contributed by atoms with Crippen LogP contribution in [0.4, 0.5) is 10.6 Å². The third kappa shape index (κ3) is 4.56. The Labute approximate surface area is 189 Å². The molecule has 1 N–H and O–H groups in total. The average molecular weight is 446 g/mol. The number of carbonyl (C=O) groups is 1. The SMILES string of the molecule is Cn1nnnc1/C(=N\OCc1cccc(NC(=O)ON=C2C3CCC2C3)n1)c1ccccc1. The summed E-state index contributed by atoms with van der Waals surface area (Å²) in [4.78, 5) is 27.0. The van der Waals surface area contributed by atoms with E-state index in [1.54, 1.807) is 25.2 Å². The summed E-state index contributed by atoms with van der Waals surface area (Å²) in [6.07, 6.45) is 2.77. The summed E-state index contributed by atoms with van der Waals surface area (Å²) < 4.78 is 1.52. The first-order valence-corrected chi connectivity index (χ1v) is 10.7. The number of aromatic nitrogens is 5. The number of hydrogen-bond acceptors (Lipinski definition) is 9. The summed E-state index contributed by atoms with van der Waals surface area (Å²) in [6, 6.07) is 14.7. The summed E-state index contributed by atoms with van der Waals surface area (Å²) >= 11 is 0. The summed E-state index contributed by atoms with van der Waals surface area (Å²) in [5, 5.41) is 22.4. The number of anilines is 1. The summed E-state index contributed by atoms with van der Waals surface area (Å²) in [5.41, 5.74) is 2.88. The van der Waals surface area contributed by atoms with Crippen LogP contribution in [0, 0.1) is 11.8 Å². The highest BCUT2D eigenvalue weighted by Crippen LogP contribution is 2.45. The average Bonchev–Trinajstić information content (AvgIpc) is 3.56. The first-order valence-electron chi connectivity index (χ1n) is 10.7. The molecule has 2 atom stereocenters. The third-order valence-corrected chi connectivity index (χ3v) is 5.79. The van der Waals surface area contributed by atoms with Crippen molar-refractivity contribution >= 4 is 23.3 Å². The third-order valence-electron chi connectivity index (χ3n) is 5.79. The number of amides is 1. The molecular weight excluding hydrogens is 424 g/mol. The van der Waals surface area contributed by atoms with Gasteiger partial charge in [0.1, 0.15) is 5.82 Å². The molecule has 2 unspecified atom stereocenters. The molecule has 33 heavy (non-hydrogen) atoms. The van der Waals surface area contributed by atoms with Gasteiger partial charge in [-0.2, -0.15) is 0 Å². The maximum absolute atomic E-state index is 12.1. The van der Waals surface area contributed by atoms with E-state index in [1.807, 2.05) is 30.3 Å². The van der Waals surface area contributed by atoms with Crippen molar-refractivity contribution in [2.24, 2.45) is 29.2 Å².